The molecule has 0 saturated carbocycles. The van der Waals surface area contributed by atoms with Crippen LogP contribution in [0.4, 0.5) is 4.39 Å². The fraction of sp³-hybridized carbons (Fsp3) is 0.182. The van der Waals surface area contributed by atoms with Gasteiger partial charge >= 0.3 is 0 Å². The summed E-state index contributed by atoms with van der Waals surface area (Å²) in [4.78, 5) is 34.7. The molecule has 1 aromatic carbocycles. The van der Waals surface area contributed by atoms with Crippen LogP contribution in [0.5, 0.6) is 0 Å². The van der Waals surface area contributed by atoms with Gasteiger partial charge in [-0.15, -0.1) is 0 Å². The van der Waals surface area contributed by atoms with Crippen LogP contribution in [0.1, 0.15) is 32.1 Å². The molecule has 0 radical (unpaired) electrons. The number of carbonyl (C=O) groups is 2. The number of aromatic nitrogens is 2. The van der Waals surface area contributed by atoms with Crippen LogP contribution in [0.2, 0.25) is 0 Å². The summed E-state index contributed by atoms with van der Waals surface area (Å²) in [6.07, 6.45) is 4.13. The molecule has 0 aliphatic rings. The maximum absolute atomic E-state index is 13.0. The standard InChI is InChI=1S/C22H21FN4O2/c1-27(14-11-16-9-12-24-13-10-16)22(29)20-4-2-3-19(26-20)21(28)25-15-17-5-7-18(23)8-6-17/h2-10,12-13H,11,14-15H2,1H3,(H,25,28). The average molecular weight is 392 g/mol. The van der Waals surface area contributed by atoms with E-state index in [9.17, 15) is 14.0 Å². The van der Waals surface area contributed by atoms with Crippen molar-refractivity contribution < 1.29 is 14.0 Å². The molecule has 3 aromatic rings. The maximum atomic E-state index is 13.0. The molecule has 2 amide bonds. The lowest BCUT2D eigenvalue weighted by molar-refractivity contribution is 0.0790. The molecule has 7 heteroatoms. The van der Waals surface area contributed by atoms with E-state index < -0.39 is 5.91 Å². The second-order valence-corrected chi connectivity index (χ2v) is 6.55. The molecule has 0 unspecified atom stereocenters. The van der Waals surface area contributed by atoms with Gasteiger partial charge < -0.3 is 10.2 Å². The number of carbonyl (C=O) groups excluding carboxylic acids is 2. The Hall–Kier alpha value is -3.61. The van der Waals surface area contributed by atoms with E-state index in [1.54, 1.807) is 54.7 Å². The zero-order valence-electron chi connectivity index (χ0n) is 16.0. The van der Waals surface area contributed by atoms with Gasteiger partial charge in [-0.3, -0.25) is 14.6 Å². The van der Waals surface area contributed by atoms with Crippen LogP contribution in [0.3, 0.4) is 0 Å². The van der Waals surface area contributed by atoms with E-state index >= 15 is 0 Å². The molecule has 2 aromatic heterocycles. The third-order valence-electron chi connectivity index (χ3n) is 4.40. The van der Waals surface area contributed by atoms with Gasteiger partial charge in [0.25, 0.3) is 11.8 Å². The van der Waals surface area contributed by atoms with Crippen LogP contribution >= 0.6 is 0 Å². The zero-order chi connectivity index (χ0) is 20.6. The molecule has 3 rings (SSSR count). The Bertz CT molecular complexity index is 978. The average Bonchev–Trinajstić information content (AvgIpc) is 2.77. The van der Waals surface area contributed by atoms with E-state index in [2.05, 4.69) is 15.3 Å². The Morgan fingerprint density at radius 3 is 2.38 bits per heavy atom. The number of likely N-dealkylation sites (N-methyl/N-ethyl adjacent to an activating group) is 1. The lowest BCUT2D eigenvalue weighted by atomic mass is 10.2. The minimum absolute atomic E-state index is 0.153. The first-order valence-corrected chi connectivity index (χ1v) is 9.17. The van der Waals surface area contributed by atoms with Crippen molar-refractivity contribution >= 4 is 11.8 Å². The van der Waals surface area contributed by atoms with Crippen LogP contribution in [0.25, 0.3) is 0 Å². The first-order valence-electron chi connectivity index (χ1n) is 9.17. The Labute approximate surface area is 168 Å². The van der Waals surface area contributed by atoms with Gasteiger partial charge in [0.15, 0.2) is 0 Å². The molecule has 0 aliphatic carbocycles. The number of rotatable bonds is 7. The normalized spacial score (nSPS) is 10.4. The highest BCUT2D eigenvalue weighted by atomic mass is 19.1. The molecule has 29 heavy (non-hydrogen) atoms. The van der Waals surface area contributed by atoms with Crippen molar-refractivity contribution in [2.75, 3.05) is 13.6 Å². The minimum Gasteiger partial charge on any atom is -0.347 e. The van der Waals surface area contributed by atoms with Crippen molar-refractivity contribution in [2.45, 2.75) is 13.0 Å². The number of amides is 2. The fourth-order valence-electron chi connectivity index (χ4n) is 2.70. The van der Waals surface area contributed by atoms with Crippen LogP contribution in [-0.2, 0) is 13.0 Å². The van der Waals surface area contributed by atoms with Crippen molar-refractivity contribution in [1.82, 2.24) is 20.2 Å². The molecule has 0 fully saturated rings. The summed E-state index contributed by atoms with van der Waals surface area (Å²) in [5, 5.41) is 2.72. The lowest BCUT2D eigenvalue weighted by Gasteiger charge is -2.17. The SMILES string of the molecule is CN(CCc1ccncc1)C(=O)c1cccc(C(=O)NCc2ccc(F)cc2)n1. The molecule has 2 heterocycles. The van der Waals surface area contributed by atoms with Crippen molar-refractivity contribution in [2.24, 2.45) is 0 Å². The number of benzene rings is 1. The first-order chi connectivity index (χ1) is 14.0. The van der Waals surface area contributed by atoms with E-state index in [1.165, 1.54) is 12.1 Å². The lowest BCUT2D eigenvalue weighted by Crippen LogP contribution is -2.30. The van der Waals surface area contributed by atoms with Gasteiger partial charge in [0.2, 0.25) is 0 Å². The predicted molar refractivity (Wildman–Crippen MR) is 107 cm³/mol. The van der Waals surface area contributed by atoms with Crippen molar-refractivity contribution in [3.63, 3.8) is 0 Å². The van der Waals surface area contributed by atoms with E-state index in [-0.39, 0.29) is 29.7 Å². The maximum Gasteiger partial charge on any atom is 0.272 e. The molecular weight excluding hydrogens is 371 g/mol. The minimum atomic E-state index is -0.400. The molecule has 0 spiro atoms. The molecule has 1 N–H and O–H groups in total. The quantitative estimate of drug-likeness (QED) is 0.671. The Kier molecular flexibility index (Phi) is 6.63. The Balaban J connectivity index is 1.59. The number of nitrogens with zero attached hydrogens (tertiary/aromatic N) is 3. The molecule has 0 aliphatic heterocycles. The van der Waals surface area contributed by atoms with Crippen LogP contribution < -0.4 is 5.32 Å². The Morgan fingerprint density at radius 2 is 1.66 bits per heavy atom. The van der Waals surface area contributed by atoms with Crippen molar-refractivity contribution in [3.8, 4) is 0 Å². The van der Waals surface area contributed by atoms with Crippen molar-refractivity contribution in [1.29, 1.82) is 0 Å². The summed E-state index contributed by atoms with van der Waals surface area (Å²) in [6.45, 7) is 0.760. The summed E-state index contributed by atoms with van der Waals surface area (Å²) in [5.41, 5.74) is 2.21. The molecular formula is C22H21FN4O2. The second kappa shape index (κ2) is 9.54. The van der Waals surface area contributed by atoms with Crippen LogP contribution in [0, 0.1) is 5.82 Å². The topological polar surface area (TPSA) is 75.2 Å². The molecule has 0 bridgehead atoms. The van der Waals surface area contributed by atoms with Gasteiger partial charge in [-0.1, -0.05) is 18.2 Å². The second-order valence-electron chi connectivity index (χ2n) is 6.55. The first kappa shape index (κ1) is 20.1. The number of pyridine rings is 2. The summed E-state index contributed by atoms with van der Waals surface area (Å²) in [6, 6.07) is 14.4. The number of hydrogen-bond donors (Lipinski definition) is 1. The highest BCUT2D eigenvalue weighted by Gasteiger charge is 2.16. The highest BCUT2D eigenvalue weighted by Crippen LogP contribution is 2.07. The van der Waals surface area contributed by atoms with Gasteiger partial charge in [0.05, 0.1) is 0 Å². The molecule has 6 nitrogen and oxygen atoms in total. The van der Waals surface area contributed by atoms with E-state index in [0.717, 1.165) is 11.1 Å². The molecule has 0 saturated heterocycles. The zero-order valence-corrected chi connectivity index (χ0v) is 16.0. The van der Waals surface area contributed by atoms with Gasteiger partial charge in [0.1, 0.15) is 17.2 Å². The summed E-state index contributed by atoms with van der Waals surface area (Å²) < 4.78 is 13.0. The summed E-state index contributed by atoms with van der Waals surface area (Å²) in [7, 11) is 1.70. The monoisotopic (exact) mass is 392 g/mol. The molecule has 0 atom stereocenters. The van der Waals surface area contributed by atoms with E-state index in [0.29, 0.717) is 13.0 Å². The fourth-order valence-corrected chi connectivity index (χ4v) is 2.70. The van der Waals surface area contributed by atoms with Crippen molar-refractivity contribution in [3.05, 3.63) is 95.3 Å². The van der Waals surface area contributed by atoms with Gasteiger partial charge in [-0.25, -0.2) is 9.37 Å². The Morgan fingerprint density at radius 1 is 0.966 bits per heavy atom. The summed E-state index contributed by atoms with van der Waals surface area (Å²) >= 11 is 0. The van der Waals surface area contributed by atoms with E-state index in [4.69, 9.17) is 0 Å². The smallest absolute Gasteiger partial charge is 0.272 e. The molecule has 148 valence electrons. The largest absolute Gasteiger partial charge is 0.347 e. The van der Waals surface area contributed by atoms with Gasteiger partial charge in [0, 0.05) is 32.5 Å². The van der Waals surface area contributed by atoms with Crippen LogP contribution in [0.15, 0.2) is 67.0 Å². The van der Waals surface area contributed by atoms with Gasteiger partial charge in [-0.05, 0) is 53.9 Å². The highest BCUT2D eigenvalue weighted by molar-refractivity contribution is 5.96. The van der Waals surface area contributed by atoms with Gasteiger partial charge in [-0.2, -0.15) is 0 Å². The van der Waals surface area contributed by atoms with Crippen LogP contribution in [-0.4, -0.2) is 40.3 Å². The number of nitrogens with one attached hydrogen (secondary N) is 1. The summed E-state index contributed by atoms with van der Waals surface area (Å²) in [5.74, 6) is -0.989. The third kappa shape index (κ3) is 5.68. The van der Waals surface area contributed by atoms with E-state index in [1.807, 2.05) is 12.1 Å². The number of halogens is 1. The predicted octanol–water partition coefficient (Wildman–Crippen LogP) is 2.86. The number of hydrogen-bond acceptors (Lipinski definition) is 4. The third-order valence-corrected chi connectivity index (χ3v) is 4.40.